The van der Waals surface area contributed by atoms with E-state index in [0.29, 0.717) is 10.6 Å². The molecule has 1 unspecified atom stereocenters. The van der Waals surface area contributed by atoms with Crippen LogP contribution in [0.4, 0.5) is 0 Å². The molecule has 0 saturated carbocycles. The minimum absolute atomic E-state index is 0.201. The first kappa shape index (κ1) is 26.0. The van der Waals surface area contributed by atoms with Crippen molar-refractivity contribution in [3.63, 3.8) is 0 Å². The zero-order valence-corrected chi connectivity index (χ0v) is 21.1. The highest BCUT2D eigenvalue weighted by atomic mass is 31.1. The van der Waals surface area contributed by atoms with E-state index in [2.05, 4.69) is 0 Å². The largest absolute Gasteiger partial charge is 0.465 e. The summed E-state index contributed by atoms with van der Waals surface area (Å²) in [6.07, 6.45) is 0. The van der Waals surface area contributed by atoms with Gasteiger partial charge in [0.05, 0.1) is 14.2 Å². The Kier molecular flexibility index (Phi) is 8.72. The first-order valence-electron chi connectivity index (χ1n) is 10.5. The van der Waals surface area contributed by atoms with Crippen LogP contribution in [0.15, 0.2) is 77.2 Å². The maximum atomic E-state index is 14.2. The summed E-state index contributed by atoms with van der Waals surface area (Å²) in [5, 5.41) is 0.958. The predicted molar refractivity (Wildman–Crippen MR) is 131 cm³/mol. The van der Waals surface area contributed by atoms with Crippen LogP contribution < -0.4 is 5.30 Å². The number of benzene rings is 2. The smallest absolute Gasteiger partial charge is 0.417 e. The standard InChI is InChI=1S/C26H31NO5P/c1-26(2,3)21(18-14-10-8-11-15-18)23(33(30)19-16-12-9-13-17-19)22(27(4)5)20(24(28)31-6)25(29)32-7/h8-17H,1-7H3/q+1/b23-21+. The van der Waals surface area contributed by atoms with Crippen LogP contribution in [-0.2, 0) is 23.6 Å². The number of ether oxygens (including phenoxy) is 2. The number of methoxy groups -OCH3 is 2. The van der Waals surface area contributed by atoms with Gasteiger partial charge in [-0.25, -0.2) is 9.59 Å². The molecule has 0 heterocycles. The number of nitrogens with zero attached hydrogens (tertiary/aromatic N) is 1. The van der Waals surface area contributed by atoms with E-state index in [-0.39, 0.29) is 11.3 Å². The van der Waals surface area contributed by atoms with Crippen LogP contribution in [0, 0.1) is 5.41 Å². The van der Waals surface area contributed by atoms with Crippen molar-refractivity contribution in [2.24, 2.45) is 5.41 Å². The molecule has 2 rings (SSSR count). The third kappa shape index (κ3) is 5.96. The first-order chi connectivity index (χ1) is 15.5. The van der Waals surface area contributed by atoms with Gasteiger partial charge in [-0.15, -0.1) is 0 Å². The van der Waals surface area contributed by atoms with Gasteiger partial charge in [0, 0.05) is 19.7 Å². The van der Waals surface area contributed by atoms with Crippen LogP contribution in [0.5, 0.6) is 0 Å². The lowest BCUT2D eigenvalue weighted by Gasteiger charge is -2.27. The molecule has 7 heteroatoms. The molecule has 0 aliphatic heterocycles. The highest BCUT2D eigenvalue weighted by Gasteiger charge is 2.43. The second-order valence-electron chi connectivity index (χ2n) is 8.57. The Bertz CT molecular complexity index is 1060. The molecule has 2 aromatic rings. The van der Waals surface area contributed by atoms with E-state index in [1.165, 1.54) is 14.2 Å². The van der Waals surface area contributed by atoms with Crippen molar-refractivity contribution in [3.05, 3.63) is 82.8 Å². The van der Waals surface area contributed by atoms with Crippen LogP contribution in [0.1, 0.15) is 26.3 Å². The molecule has 33 heavy (non-hydrogen) atoms. The Morgan fingerprint density at radius 2 is 1.27 bits per heavy atom. The lowest BCUT2D eigenvalue weighted by Crippen LogP contribution is -2.27. The van der Waals surface area contributed by atoms with Gasteiger partial charge in [-0.3, -0.25) is 0 Å². The normalized spacial score (nSPS) is 12.3. The van der Waals surface area contributed by atoms with Crippen molar-refractivity contribution in [2.75, 3.05) is 28.3 Å². The highest BCUT2D eigenvalue weighted by Crippen LogP contribution is 2.49. The van der Waals surface area contributed by atoms with Gasteiger partial charge in [0.1, 0.15) is 5.70 Å². The molecule has 1 atom stereocenters. The Morgan fingerprint density at radius 3 is 1.67 bits per heavy atom. The second-order valence-corrected chi connectivity index (χ2v) is 10.1. The zero-order valence-electron chi connectivity index (χ0n) is 20.2. The highest BCUT2D eigenvalue weighted by molar-refractivity contribution is 7.58. The number of likely N-dealkylation sites (N-methyl/N-ethyl adjacent to an activating group) is 1. The third-order valence-electron chi connectivity index (χ3n) is 4.93. The minimum atomic E-state index is -2.22. The van der Waals surface area contributed by atoms with Crippen LogP contribution in [0.25, 0.3) is 5.57 Å². The van der Waals surface area contributed by atoms with E-state index >= 15 is 0 Å². The van der Waals surface area contributed by atoms with Gasteiger partial charge in [0.25, 0.3) is 0 Å². The van der Waals surface area contributed by atoms with Crippen molar-refractivity contribution in [3.8, 4) is 0 Å². The maximum absolute atomic E-state index is 14.2. The predicted octanol–water partition coefficient (Wildman–Crippen LogP) is 4.76. The average molecular weight is 469 g/mol. The topological polar surface area (TPSA) is 72.9 Å². The molecule has 0 radical (unpaired) electrons. The van der Waals surface area contributed by atoms with Crippen molar-refractivity contribution in [1.82, 2.24) is 4.90 Å². The fraction of sp³-hybridized carbons (Fsp3) is 0.308. The number of hydrogen-bond acceptors (Lipinski definition) is 6. The molecular formula is C26H31NO5P+. The fourth-order valence-corrected chi connectivity index (χ4v) is 5.45. The van der Waals surface area contributed by atoms with Crippen LogP contribution >= 0.6 is 7.80 Å². The van der Waals surface area contributed by atoms with Crippen LogP contribution in [-0.4, -0.2) is 45.2 Å². The summed E-state index contributed by atoms with van der Waals surface area (Å²) < 4.78 is 24.1. The Morgan fingerprint density at radius 1 is 0.818 bits per heavy atom. The molecule has 0 amide bonds. The van der Waals surface area contributed by atoms with Gasteiger partial charge >= 0.3 is 19.7 Å². The minimum Gasteiger partial charge on any atom is -0.465 e. The monoisotopic (exact) mass is 468 g/mol. The van der Waals surface area contributed by atoms with E-state index in [1.807, 2.05) is 57.2 Å². The summed E-state index contributed by atoms with van der Waals surface area (Å²) in [5.74, 6) is -1.72. The molecular weight excluding hydrogens is 437 g/mol. The molecule has 174 valence electrons. The molecule has 0 aliphatic carbocycles. The van der Waals surface area contributed by atoms with E-state index < -0.39 is 25.2 Å². The Balaban J connectivity index is 3.16. The van der Waals surface area contributed by atoms with Gasteiger partial charge in [0.15, 0.2) is 10.9 Å². The average Bonchev–Trinajstić information content (AvgIpc) is 2.80. The van der Waals surface area contributed by atoms with Gasteiger partial charge in [0.2, 0.25) is 5.31 Å². The van der Waals surface area contributed by atoms with Gasteiger partial charge < -0.3 is 14.4 Å². The van der Waals surface area contributed by atoms with E-state index in [1.54, 1.807) is 43.3 Å². The number of rotatable bonds is 7. The second kappa shape index (κ2) is 11.1. The zero-order chi connectivity index (χ0) is 24.8. The third-order valence-corrected chi connectivity index (χ3v) is 6.54. The van der Waals surface area contributed by atoms with Gasteiger partial charge in [-0.1, -0.05) is 73.9 Å². The number of carbonyl (C=O) groups excluding carboxylic acids is 2. The van der Waals surface area contributed by atoms with Crippen LogP contribution in [0.3, 0.4) is 0 Å². The molecule has 0 spiro atoms. The lowest BCUT2D eigenvalue weighted by molar-refractivity contribution is -0.144. The van der Waals surface area contributed by atoms with E-state index in [9.17, 15) is 14.2 Å². The SMILES string of the molecule is COC(=O)C(C(=O)OC)=C(/C(=C(/c1ccccc1)C(C)(C)C)[P+](=O)c1ccccc1)N(C)C. The Hall–Kier alpha value is -3.24. The summed E-state index contributed by atoms with van der Waals surface area (Å²) in [7, 11) is 3.57. The van der Waals surface area contributed by atoms with E-state index in [0.717, 1.165) is 11.1 Å². The molecule has 6 nitrogen and oxygen atoms in total. The molecule has 0 bridgehead atoms. The Labute approximate surface area is 196 Å². The first-order valence-corrected chi connectivity index (χ1v) is 11.7. The van der Waals surface area contributed by atoms with Crippen molar-refractivity contribution in [2.45, 2.75) is 20.8 Å². The van der Waals surface area contributed by atoms with Crippen molar-refractivity contribution < 1.29 is 23.6 Å². The van der Waals surface area contributed by atoms with Crippen molar-refractivity contribution in [1.29, 1.82) is 0 Å². The van der Waals surface area contributed by atoms with E-state index in [4.69, 9.17) is 9.47 Å². The molecule has 0 aromatic heterocycles. The summed E-state index contributed by atoms with van der Waals surface area (Å²) in [6, 6.07) is 18.5. The molecule has 0 aliphatic rings. The quantitative estimate of drug-likeness (QED) is 0.146. The number of hydrogen-bond donors (Lipinski definition) is 0. The number of carbonyl (C=O) groups is 2. The summed E-state index contributed by atoms with van der Waals surface area (Å²) in [4.78, 5) is 27.2. The molecule has 0 N–H and O–H groups in total. The lowest BCUT2D eigenvalue weighted by atomic mass is 9.81. The van der Waals surface area contributed by atoms with Crippen LogP contribution in [0.2, 0.25) is 0 Å². The molecule has 0 fully saturated rings. The maximum Gasteiger partial charge on any atom is 0.417 e. The number of allylic oxidation sites excluding steroid dienone is 2. The summed E-state index contributed by atoms with van der Waals surface area (Å²) in [5.41, 5.74) is 0.994. The van der Waals surface area contributed by atoms with Gasteiger partial charge in [-0.2, -0.15) is 0 Å². The molecule has 0 saturated heterocycles. The van der Waals surface area contributed by atoms with Crippen molar-refractivity contribution >= 4 is 30.6 Å². The number of esters is 2. The van der Waals surface area contributed by atoms with Gasteiger partial charge in [-0.05, 0) is 23.1 Å². The summed E-state index contributed by atoms with van der Waals surface area (Å²) >= 11 is 0. The molecule has 2 aromatic carbocycles. The summed E-state index contributed by atoms with van der Waals surface area (Å²) in [6.45, 7) is 6.02. The fourth-order valence-electron chi connectivity index (χ4n) is 3.57.